The molecular weight excluding hydrogens is 214 g/mol. The number of nitrogens with one attached hydrogen (secondary N) is 1. The van der Waals surface area contributed by atoms with E-state index in [1.807, 2.05) is 38.4 Å². The molecule has 0 saturated carbocycles. The molecule has 0 saturated heterocycles. The van der Waals surface area contributed by atoms with Crippen LogP contribution >= 0.6 is 0 Å². The molecule has 1 unspecified atom stereocenters. The molecule has 1 aromatic carbocycles. The molecule has 0 aliphatic rings. The minimum absolute atomic E-state index is 0.288. The molecule has 17 heavy (non-hydrogen) atoms. The van der Waals surface area contributed by atoms with Crippen molar-refractivity contribution in [3.05, 3.63) is 24.3 Å². The molecule has 0 fully saturated rings. The van der Waals surface area contributed by atoms with E-state index in [0.29, 0.717) is 13.2 Å². The minimum atomic E-state index is 0.288. The van der Waals surface area contributed by atoms with E-state index < -0.39 is 0 Å². The van der Waals surface area contributed by atoms with Crippen LogP contribution in [0.5, 0.6) is 5.75 Å². The quantitative estimate of drug-likeness (QED) is 0.752. The van der Waals surface area contributed by atoms with Gasteiger partial charge in [-0.1, -0.05) is 0 Å². The standard InChI is InChI=1S/C13H23N3O/c1-11(10-14)15-12-4-6-13(7-5-12)17-9-8-16(2)3/h4-7,11,15H,8-10,14H2,1-3H3. The van der Waals surface area contributed by atoms with Gasteiger partial charge in [0.15, 0.2) is 0 Å². The third-order valence-corrected chi connectivity index (χ3v) is 2.43. The fraction of sp³-hybridized carbons (Fsp3) is 0.538. The molecule has 4 heteroatoms. The molecule has 0 radical (unpaired) electrons. The van der Waals surface area contributed by atoms with E-state index in [1.54, 1.807) is 0 Å². The normalized spacial score (nSPS) is 12.5. The van der Waals surface area contributed by atoms with Gasteiger partial charge in [-0.2, -0.15) is 0 Å². The second kappa shape index (κ2) is 7.14. The van der Waals surface area contributed by atoms with Crippen molar-refractivity contribution in [2.75, 3.05) is 39.1 Å². The fourth-order valence-corrected chi connectivity index (χ4v) is 1.34. The molecule has 0 amide bonds. The van der Waals surface area contributed by atoms with E-state index in [2.05, 4.69) is 17.1 Å². The minimum Gasteiger partial charge on any atom is -0.492 e. The highest BCUT2D eigenvalue weighted by Crippen LogP contribution is 2.16. The molecule has 0 aromatic heterocycles. The fourth-order valence-electron chi connectivity index (χ4n) is 1.34. The van der Waals surface area contributed by atoms with Gasteiger partial charge in [0, 0.05) is 24.8 Å². The Kier molecular flexibility index (Phi) is 5.80. The zero-order valence-corrected chi connectivity index (χ0v) is 10.9. The lowest BCUT2D eigenvalue weighted by molar-refractivity contribution is 0.261. The Bertz CT molecular complexity index is 311. The van der Waals surface area contributed by atoms with Gasteiger partial charge in [-0.3, -0.25) is 0 Å². The van der Waals surface area contributed by atoms with E-state index in [-0.39, 0.29) is 6.04 Å². The highest BCUT2D eigenvalue weighted by atomic mass is 16.5. The van der Waals surface area contributed by atoms with Crippen molar-refractivity contribution in [1.29, 1.82) is 0 Å². The van der Waals surface area contributed by atoms with Gasteiger partial charge in [0.1, 0.15) is 12.4 Å². The summed E-state index contributed by atoms with van der Waals surface area (Å²) in [6.45, 7) is 4.31. The first-order valence-corrected chi connectivity index (χ1v) is 5.96. The first-order chi connectivity index (χ1) is 8.11. The zero-order chi connectivity index (χ0) is 12.7. The van der Waals surface area contributed by atoms with E-state index >= 15 is 0 Å². The van der Waals surface area contributed by atoms with Crippen LogP contribution in [0.15, 0.2) is 24.3 Å². The Morgan fingerprint density at radius 2 is 1.94 bits per heavy atom. The molecule has 0 aliphatic carbocycles. The lowest BCUT2D eigenvalue weighted by Crippen LogP contribution is -2.25. The average Bonchev–Trinajstić information content (AvgIpc) is 2.31. The summed E-state index contributed by atoms with van der Waals surface area (Å²) in [7, 11) is 4.06. The molecule has 1 rings (SSSR count). The van der Waals surface area contributed by atoms with Gasteiger partial charge in [-0.05, 0) is 45.3 Å². The Hall–Kier alpha value is -1.26. The van der Waals surface area contributed by atoms with Crippen molar-refractivity contribution in [1.82, 2.24) is 4.90 Å². The van der Waals surface area contributed by atoms with Gasteiger partial charge in [0.2, 0.25) is 0 Å². The summed E-state index contributed by atoms with van der Waals surface area (Å²) in [5.74, 6) is 0.901. The molecule has 1 atom stereocenters. The Morgan fingerprint density at radius 1 is 1.29 bits per heavy atom. The van der Waals surface area contributed by atoms with Gasteiger partial charge in [-0.25, -0.2) is 0 Å². The lowest BCUT2D eigenvalue weighted by atomic mass is 10.2. The van der Waals surface area contributed by atoms with Crippen molar-refractivity contribution < 1.29 is 4.74 Å². The van der Waals surface area contributed by atoms with Crippen LogP contribution in [0.2, 0.25) is 0 Å². The number of benzene rings is 1. The van der Waals surface area contributed by atoms with Crippen molar-refractivity contribution in [2.45, 2.75) is 13.0 Å². The Balaban J connectivity index is 2.39. The average molecular weight is 237 g/mol. The maximum atomic E-state index is 5.61. The maximum Gasteiger partial charge on any atom is 0.119 e. The summed E-state index contributed by atoms with van der Waals surface area (Å²) >= 11 is 0. The largest absolute Gasteiger partial charge is 0.492 e. The van der Waals surface area contributed by atoms with Gasteiger partial charge in [0.05, 0.1) is 0 Å². The van der Waals surface area contributed by atoms with Gasteiger partial charge in [0.25, 0.3) is 0 Å². The molecule has 0 bridgehead atoms. The topological polar surface area (TPSA) is 50.5 Å². The van der Waals surface area contributed by atoms with Crippen LogP contribution in [-0.4, -0.2) is 44.7 Å². The van der Waals surface area contributed by atoms with Crippen LogP contribution in [0, 0.1) is 0 Å². The monoisotopic (exact) mass is 237 g/mol. The Labute approximate surface area is 104 Å². The molecule has 0 aliphatic heterocycles. The van der Waals surface area contributed by atoms with Crippen molar-refractivity contribution >= 4 is 5.69 Å². The van der Waals surface area contributed by atoms with E-state index in [1.165, 1.54) is 0 Å². The number of ether oxygens (including phenoxy) is 1. The summed E-state index contributed by atoms with van der Waals surface area (Å²) < 4.78 is 5.61. The van der Waals surface area contributed by atoms with Crippen molar-refractivity contribution in [2.24, 2.45) is 5.73 Å². The molecule has 4 nitrogen and oxygen atoms in total. The summed E-state index contributed by atoms with van der Waals surface area (Å²) in [6.07, 6.45) is 0. The first kappa shape index (κ1) is 13.8. The number of anilines is 1. The van der Waals surface area contributed by atoms with Gasteiger partial charge in [-0.15, -0.1) is 0 Å². The summed E-state index contributed by atoms with van der Waals surface area (Å²) in [5, 5.41) is 3.30. The number of nitrogens with two attached hydrogens (primary N) is 1. The number of hydrogen-bond acceptors (Lipinski definition) is 4. The third-order valence-electron chi connectivity index (χ3n) is 2.43. The maximum absolute atomic E-state index is 5.61. The van der Waals surface area contributed by atoms with Crippen molar-refractivity contribution in [3.63, 3.8) is 0 Å². The van der Waals surface area contributed by atoms with Crippen LogP contribution in [0.25, 0.3) is 0 Å². The molecule has 0 spiro atoms. The van der Waals surface area contributed by atoms with Gasteiger partial charge >= 0.3 is 0 Å². The second-order valence-corrected chi connectivity index (χ2v) is 4.46. The van der Waals surface area contributed by atoms with E-state index in [9.17, 15) is 0 Å². The lowest BCUT2D eigenvalue weighted by Gasteiger charge is -2.14. The summed E-state index contributed by atoms with van der Waals surface area (Å²) in [4.78, 5) is 2.10. The van der Waals surface area contributed by atoms with Crippen LogP contribution in [0.1, 0.15) is 6.92 Å². The molecule has 96 valence electrons. The van der Waals surface area contributed by atoms with Crippen LogP contribution in [-0.2, 0) is 0 Å². The van der Waals surface area contributed by atoms with Gasteiger partial charge < -0.3 is 20.7 Å². The van der Waals surface area contributed by atoms with E-state index in [0.717, 1.165) is 18.0 Å². The second-order valence-electron chi connectivity index (χ2n) is 4.46. The predicted molar refractivity (Wildman–Crippen MR) is 72.6 cm³/mol. The first-order valence-electron chi connectivity index (χ1n) is 5.96. The molecule has 0 heterocycles. The van der Waals surface area contributed by atoms with Crippen LogP contribution in [0.4, 0.5) is 5.69 Å². The highest BCUT2D eigenvalue weighted by molar-refractivity contribution is 5.46. The molecule has 1 aromatic rings. The molecule has 3 N–H and O–H groups in total. The number of likely N-dealkylation sites (N-methyl/N-ethyl adjacent to an activating group) is 1. The predicted octanol–water partition coefficient (Wildman–Crippen LogP) is 1.39. The van der Waals surface area contributed by atoms with Crippen molar-refractivity contribution in [3.8, 4) is 5.75 Å². The molecular formula is C13H23N3O. The zero-order valence-electron chi connectivity index (χ0n) is 10.9. The Morgan fingerprint density at radius 3 is 2.47 bits per heavy atom. The van der Waals surface area contributed by atoms with E-state index in [4.69, 9.17) is 10.5 Å². The summed E-state index contributed by atoms with van der Waals surface area (Å²) in [5.41, 5.74) is 6.62. The highest BCUT2D eigenvalue weighted by Gasteiger charge is 1.99. The SMILES string of the molecule is CC(CN)Nc1ccc(OCCN(C)C)cc1. The smallest absolute Gasteiger partial charge is 0.119 e. The number of hydrogen-bond donors (Lipinski definition) is 2. The number of rotatable bonds is 7. The summed E-state index contributed by atoms with van der Waals surface area (Å²) in [6, 6.07) is 8.26. The van der Waals surface area contributed by atoms with Crippen LogP contribution in [0.3, 0.4) is 0 Å². The third kappa shape index (κ3) is 5.56. The number of nitrogens with zero attached hydrogens (tertiary/aromatic N) is 1. The van der Waals surface area contributed by atoms with Crippen LogP contribution < -0.4 is 15.8 Å².